The van der Waals surface area contributed by atoms with Gasteiger partial charge in [-0.05, 0) is 37.5 Å². The highest BCUT2D eigenvalue weighted by molar-refractivity contribution is 8.15. The summed E-state index contributed by atoms with van der Waals surface area (Å²) in [6.07, 6.45) is 0.750. The van der Waals surface area contributed by atoms with E-state index in [0.717, 1.165) is 37.8 Å². The van der Waals surface area contributed by atoms with Crippen LogP contribution in [0.2, 0.25) is 0 Å². The molecule has 2 aromatic rings. The lowest BCUT2D eigenvalue weighted by atomic mass is 10.1. The van der Waals surface area contributed by atoms with Gasteiger partial charge >= 0.3 is 0 Å². The summed E-state index contributed by atoms with van der Waals surface area (Å²) in [4.78, 5) is 21.5. The molecule has 4 nitrogen and oxygen atoms in total. The number of amides is 1. The first-order valence-electron chi connectivity index (χ1n) is 9.50. The SMILES string of the molecule is Cc1ccc(C[C@@H]2SC(N3CCN(c4ccccc4C)CC3)=NC2=O)cc1. The van der Waals surface area contributed by atoms with E-state index in [0.29, 0.717) is 0 Å². The number of nitrogens with zero attached hydrogens (tertiary/aromatic N) is 3. The number of para-hydroxylation sites is 1. The summed E-state index contributed by atoms with van der Waals surface area (Å²) in [5, 5.41) is 0.818. The van der Waals surface area contributed by atoms with Gasteiger partial charge in [0.2, 0.25) is 0 Å². The maximum atomic E-state index is 12.4. The van der Waals surface area contributed by atoms with Gasteiger partial charge in [0.15, 0.2) is 5.17 Å². The van der Waals surface area contributed by atoms with Crippen LogP contribution in [0.4, 0.5) is 5.69 Å². The highest BCUT2D eigenvalue weighted by Gasteiger charge is 2.32. The molecule has 0 aliphatic carbocycles. The molecule has 2 aromatic carbocycles. The lowest BCUT2D eigenvalue weighted by Crippen LogP contribution is -2.48. The number of anilines is 1. The first kappa shape index (κ1) is 18.1. The number of rotatable bonds is 3. The van der Waals surface area contributed by atoms with E-state index in [-0.39, 0.29) is 11.2 Å². The zero-order chi connectivity index (χ0) is 18.8. The van der Waals surface area contributed by atoms with Crippen molar-refractivity contribution in [2.24, 2.45) is 4.99 Å². The summed E-state index contributed by atoms with van der Waals surface area (Å²) in [5.41, 5.74) is 5.07. The minimum absolute atomic E-state index is 0.0110. The van der Waals surface area contributed by atoms with E-state index in [1.807, 2.05) is 0 Å². The molecule has 0 N–H and O–H groups in total. The average Bonchev–Trinajstić information content (AvgIpc) is 3.05. The standard InChI is InChI=1S/C22H25N3OS/c1-16-7-9-18(10-8-16)15-20-21(26)23-22(27-20)25-13-11-24(12-14-25)19-6-4-3-5-17(19)2/h3-10,20H,11-15H2,1-2H3/t20-/m0/s1. The molecule has 5 heteroatoms. The molecule has 1 amide bonds. The van der Waals surface area contributed by atoms with Crippen molar-refractivity contribution in [2.45, 2.75) is 25.5 Å². The smallest absolute Gasteiger partial charge is 0.262 e. The summed E-state index contributed by atoms with van der Waals surface area (Å²) in [7, 11) is 0. The van der Waals surface area contributed by atoms with Crippen molar-refractivity contribution in [1.82, 2.24) is 4.90 Å². The number of carbonyl (C=O) groups excluding carboxylic acids is 1. The number of aryl methyl sites for hydroxylation is 2. The molecule has 0 unspecified atom stereocenters. The van der Waals surface area contributed by atoms with Crippen LogP contribution < -0.4 is 4.90 Å². The van der Waals surface area contributed by atoms with Gasteiger partial charge in [-0.1, -0.05) is 59.8 Å². The predicted octanol–water partition coefficient (Wildman–Crippen LogP) is 3.67. The van der Waals surface area contributed by atoms with Crippen molar-refractivity contribution in [3.8, 4) is 0 Å². The van der Waals surface area contributed by atoms with Crippen molar-refractivity contribution in [2.75, 3.05) is 31.1 Å². The number of carbonyl (C=O) groups is 1. The van der Waals surface area contributed by atoms with E-state index in [2.05, 4.69) is 77.2 Å². The van der Waals surface area contributed by atoms with Gasteiger partial charge in [0.05, 0.1) is 5.25 Å². The Morgan fingerprint density at radius 2 is 1.63 bits per heavy atom. The number of hydrogen-bond donors (Lipinski definition) is 0. The van der Waals surface area contributed by atoms with Crippen LogP contribution in [0.25, 0.3) is 0 Å². The van der Waals surface area contributed by atoms with Gasteiger partial charge in [0.1, 0.15) is 0 Å². The van der Waals surface area contributed by atoms with Crippen LogP contribution in [0.3, 0.4) is 0 Å². The largest absolute Gasteiger partial charge is 0.368 e. The Bertz CT molecular complexity index is 854. The second kappa shape index (κ2) is 7.77. The molecular formula is C22H25N3OS. The summed E-state index contributed by atoms with van der Waals surface area (Å²) in [6, 6.07) is 17.0. The number of benzene rings is 2. The molecule has 0 aromatic heterocycles. The average molecular weight is 380 g/mol. The Kier molecular flexibility index (Phi) is 5.21. The Balaban J connectivity index is 1.35. The van der Waals surface area contributed by atoms with Crippen molar-refractivity contribution < 1.29 is 4.79 Å². The highest BCUT2D eigenvalue weighted by atomic mass is 32.2. The summed E-state index contributed by atoms with van der Waals surface area (Å²) >= 11 is 1.63. The molecule has 0 radical (unpaired) electrons. The van der Waals surface area contributed by atoms with E-state index in [1.54, 1.807) is 11.8 Å². The third-order valence-electron chi connectivity index (χ3n) is 5.28. The van der Waals surface area contributed by atoms with Crippen LogP contribution >= 0.6 is 11.8 Å². The molecule has 2 heterocycles. The third-order valence-corrected chi connectivity index (χ3v) is 6.49. The highest BCUT2D eigenvalue weighted by Crippen LogP contribution is 2.29. The first-order chi connectivity index (χ1) is 13.1. The van der Waals surface area contributed by atoms with Gasteiger partial charge in [-0.25, -0.2) is 0 Å². The molecule has 0 saturated carbocycles. The molecule has 27 heavy (non-hydrogen) atoms. The summed E-state index contributed by atoms with van der Waals surface area (Å²) < 4.78 is 0. The van der Waals surface area contributed by atoms with Crippen molar-refractivity contribution in [3.63, 3.8) is 0 Å². The lowest BCUT2D eigenvalue weighted by molar-refractivity contribution is -0.117. The number of piperazine rings is 1. The quantitative estimate of drug-likeness (QED) is 0.815. The molecule has 0 bridgehead atoms. The van der Waals surface area contributed by atoms with Gasteiger partial charge in [0.25, 0.3) is 5.91 Å². The first-order valence-corrected chi connectivity index (χ1v) is 10.4. The van der Waals surface area contributed by atoms with Gasteiger partial charge in [0, 0.05) is 31.9 Å². The van der Waals surface area contributed by atoms with Crippen molar-refractivity contribution in [3.05, 3.63) is 65.2 Å². The molecule has 2 aliphatic heterocycles. The molecule has 140 valence electrons. The molecular weight excluding hydrogens is 354 g/mol. The summed E-state index contributed by atoms with van der Waals surface area (Å²) in [6.45, 7) is 7.97. The van der Waals surface area contributed by atoms with E-state index < -0.39 is 0 Å². The Morgan fingerprint density at radius 1 is 0.963 bits per heavy atom. The van der Waals surface area contributed by atoms with E-state index in [9.17, 15) is 4.79 Å². The van der Waals surface area contributed by atoms with Crippen LogP contribution in [0.1, 0.15) is 16.7 Å². The van der Waals surface area contributed by atoms with Crippen molar-refractivity contribution >= 4 is 28.5 Å². The predicted molar refractivity (Wildman–Crippen MR) is 114 cm³/mol. The second-order valence-corrected chi connectivity index (χ2v) is 8.46. The zero-order valence-electron chi connectivity index (χ0n) is 15.9. The Hall–Kier alpha value is -2.27. The normalized spacial score (nSPS) is 20.1. The zero-order valence-corrected chi connectivity index (χ0v) is 16.7. The molecule has 0 spiro atoms. The minimum Gasteiger partial charge on any atom is -0.368 e. The Morgan fingerprint density at radius 3 is 2.33 bits per heavy atom. The van der Waals surface area contributed by atoms with Crippen LogP contribution in [-0.2, 0) is 11.2 Å². The van der Waals surface area contributed by atoms with Crippen molar-refractivity contribution in [1.29, 1.82) is 0 Å². The van der Waals surface area contributed by atoms with Gasteiger partial charge in [-0.15, -0.1) is 0 Å². The number of aliphatic imine (C=N–C) groups is 1. The van der Waals surface area contributed by atoms with Gasteiger partial charge < -0.3 is 9.80 Å². The second-order valence-electron chi connectivity index (χ2n) is 7.29. The van der Waals surface area contributed by atoms with E-state index in [1.165, 1.54) is 22.4 Å². The van der Waals surface area contributed by atoms with Crippen LogP contribution in [0.15, 0.2) is 53.5 Å². The Labute approximate surface area is 165 Å². The molecule has 1 saturated heterocycles. The van der Waals surface area contributed by atoms with E-state index in [4.69, 9.17) is 0 Å². The lowest BCUT2D eigenvalue weighted by Gasteiger charge is -2.37. The number of thioether (sulfide) groups is 1. The van der Waals surface area contributed by atoms with Crippen LogP contribution in [0.5, 0.6) is 0 Å². The fourth-order valence-corrected chi connectivity index (χ4v) is 4.80. The maximum absolute atomic E-state index is 12.4. The fraction of sp³-hybridized carbons (Fsp3) is 0.364. The molecule has 2 aliphatic rings. The molecule has 1 fully saturated rings. The van der Waals surface area contributed by atoms with Gasteiger partial charge in [-0.2, -0.15) is 4.99 Å². The fourth-order valence-electron chi connectivity index (χ4n) is 3.64. The summed E-state index contributed by atoms with van der Waals surface area (Å²) in [5.74, 6) is 0.0110. The minimum atomic E-state index is -0.0860. The van der Waals surface area contributed by atoms with E-state index >= 15 is 0 Å². The third kappa shape index (κ3) is 4.03. The monoisotopic (exact) mass is 379 g/mol. The maximum Gasteiger partial charge on any atom is 0.262 e. The molecule has 4 rings (SSSR count). The number of amidine groups is 1. The van der Waals surface area contributed by atoms with Crippen LogP contribution in [0, 0.1) is 13.8 Å². The topological polar surface area (TPSA) is 35.9 Å². The van der Waals surface area contributed by atoms with Crippen LogP contribution in [-0.4, -0.2) is 47.4 Å². The molecule has 1 atom stereocenters. The number of hydrogen-bond acceptors (Lipinski definition) is 4. The van der Waals surface area contributed by atoms with Gasteiger partial charge in [-0.3, -0.25) is 4.79 Å².